The van der Waals surface area contributed by atoms with Gasteiger partial charge in [0.1, 0.15) is 11.6 Å². The van der Waals surface area contributed by atoms with Crippen molar-refractivity contribution in [3.8, 4) is 11.4 Å². The first-order valence-electron chi connectivity index (χ1n) is 6.15. The standard InChI is InChI=1S/C14H18FN3/c1-10(2)7-16-8-13-9-17-14(18-13)11-4-3-5-12(15)6-11/h3-6,9-10,16H,7-8H2,1-2H3,(H,17,18). The van der Waals surface area contributed by atoms with Gasteiger partial charge in [-0.2, -0.15) is 0 Å². The molecule has 18 heavy (non-hydrogen) atoms. The van der Waals surface area contributed by atoms with Gasteiger partial charge in [0.15, 0.2) is 0 Å². The molecule has 0 atom stereocenters. The van der Waals surface area contributed by atoms with Crippen LogP contribution in [-0.4, -0.2) is 16.5 Å². The Hall–Kier alpha value is -1.68. The van der Waals surface area contributed by atoms with E-state index in [2.05, 4.69) is 29.1 Å². The Bertz CT molecular complexity index is 505. The molecule has 0 aliphatic heterocycles. The predicted octanol–water partition coefficient (Wildman–Crippen LogP) is 2.96. The minimum atomic E-state index is -0.247. The van der Waals surface area contributed by atoms with E-state index >= 15 is 0 Å². The van der Waals surface area contributed by atoms with Crippen LogP contribution in [0.3, 0.4) is 0 Å². The van der Waals surface area contributed by atoms with Crippen LogP contribution < -0.4 is 5.32 Å². The van der Waals surface area contributed by atoms with Crippen molar-refractivity contribution in [2.75, 3.05) is 6.54 Å². The molecule has 1 heterocycles. The Morgan fingerprint density at radius 3 is 2.94 bits per heavy atom. The molecule has 4 heteroatoms. The SMILES string of the molecule is CC(C)CNCc1cnc(-c2cccc(F)c2)[nH]1. The highest BCUT2D eigenvalue weighted by molar-refractivity contribution is 5.54. The van der Waals surface area contributed by atoms with Gasteiger partial charge in [-0.25, -0.2) is 9.37 Å². The maximum absolute atomic E-state index is 13.1. The van der Waals surface area contributed by atoms with E-state index in [-0.39, 0.29) is 5.82 Å². The highest BCUT2D eigenvalue weighted by Gasteiger charge is 2.04. The summed E-state index contributed by atoms with van der Waals surface area (Å²) < 4.78 is 13.1. The van der Waals surface area contributed by atoms with Crippen LogP contribution in [0.2, 0.25) is 0 Å². The van der Waals surface area contributed by atoms with Crippen LogP contribution in [0.25, 0.3) is 11.4 Å². The van der Waals surface area contributed by atoms with Gasteiger partial charge in [-0.05, 0) is 24.6 Å². The van der Waals surface area contributed by atoms with Gasteiger partial charge in [0.2, 0.25) is 0 Å². The summed E-state index contributed by atoms with van der Waals surface area (Å²) in [5, 5.41) is 3.33. The largest absolute Gasteiger partial charge is 0.341 e. The molecule has 0 unspecified atom stereocenters. The van der Waals surface area contributed by atoms with Crippen LogP contribution in [0.15, 0.2) is 30.5 Å². The van der Waals surface area contributed by atoms with E-state index in [4.69, 9.17) is 0 Å². The van der Waals surface area contributed by atoms with Gasteiger partial charge in [0.25, 0.3) is 0 Å². The Morgan fingerprint density at radius 1 is 1.39 bits per heavy atom. The molecular formula is C14H18FN3. The van der Waals surface area contributed by atoms with Crippen molar-refractivity contribution < 1.29 is 4.39 Å². The fraction of sp³-hybridized carbons (Fsp3) is 0.357. The van der Waals surface area contributed by atoms with E-state index in [0.29, 0.717) is 11.7 Å². The Morgan fingerprint density at radius 2 is 2.22 bits per heavy atom. The number of hydrogen-bond donors (Lipinski definition) is 2. The lowest BCUT2D eigenvalue weighted by Crippen LogP contribution is -2.19. The predicted molar refractivity (Wildman–Crippen MR) is 70.5 cm³/mol. The molecule has 0 amide bonds. The smallest absolute Gasteiger partial charge is 0.137 e. The molecule has 1 aromatic carbocycles. The van der Waals surface area contributed by atoms with Crippen LogP contribution in [0.4, 0.5) is 4.39 Å². The van der Waals surface area contributed by atoms with E-state index in [0.717, 1.165) is 24.3 Å². The second-order valence-electron chi connectivity index (χ2n) is 4.79. The summed E-state index contributed by atoms with van der Waals surface area (Å²) >= 11 is 0. The first-order chi connectivity index (χ1) is 8.65. The van der Waals surface area contributed by atoms with Crippen LogP contribution in [-0.2, 0) is 6.54 Å². The minimum Gasteiger partial charge on any atom is -0.341 e. The molecule has 2 rings (SSSR count). The molecule has 0 aliphatic rings. The van der Waals surface area contributed by atoms with Gasteiger partial charge in [-0.15, -0.1) is 0 Å². The number of aromatic amines is 1. The normalized spacial score (nSPS) is 11.1. The summed E-state index contributed by atoms with van der Waals surface area (Å²) in [6, 6.07) is 6.43. The summed E-state index contributed by atoms with van der Waals surface area (Å²) in [5.74, 6) is 1.08. The first-order valence-corrected chi connectivity index (χ1v) is 6.15. The number of nitrogens with one attached hydrogen (secondary N) is 2. The van der Waals surface area contributed by atoms with Gasteiger partial charge in [0, 0.05) is 24.0 Å². The van der Waals surface area contributed by atoms with Crippen molar-refractivity contribution in [3.63, 3.8) is 0 Å². The maximum atomic E-state index is 13.1. The van der Waals surface area contributed by atoms with Gasteiger partial charge in [-0.3, -0.25) is 0 Å². The molecule has 2 aromatic rings. The van der Waals surface area contributed by atoms with E-state index in [9.17, 15) is 4.39 Å². The van der Waals surface area contributed by atoms with Gasteiger partial charge >= 0.3 is 0 Å². The van der Waals surface area contributed by atoms with Crippen LogP contribution >= 0.6 is 0 Å². The lowest BCUT2D eigenvalue weighted by Gasteiger charge is -2.05. The van der Waals surface area contributed by atoms with E-state index in [1.807, 2.05) is 6.07 Å². The summed E-state index contributed by atoms with van der Waals surface area (Å²) in [5.41, 5.74) is 1.78. The molecule has 0 spiro atoms. The third-order valence-corrected chi connectivity index (χ3v) is 2.59. The minimum absolute atomic E-state index is 0.247. The van der Waals surface area contributed by atoms with Crippen molar-refractivity contribution in [1.82, 2.24) is 15.3 Å². The molecule has 0 bridgehead atoms. The van der Waals surface area contributed by atoms with Crippen molar-refractivity contribution in [2.24, 2.45) is 5.92 Å². The number of hydrogen-bond acceptors (Lipinski definition) is 2. The highest BCUT2D eigenvalue weighted by Crippen LogP contribution is 2.16. The summed E-state index contributed by atoms with van der Waals surface area (Å²) in [7, 11) is 0. The average molecular weight is 247 g/mol. The van der Waals surface area contributed by atoms with Crippen molar-refractivity contribution in [2.45, 2.75) is 20.4 Å². The van der Waals surface area contributed by atoms with E-state index in [1.54, 1.807) is 12.3 Å². The summed E-state index contributed by atoms with van der Waals surface area (Å²) in [6.07, 6.45) is 1.79. The zero-order chi connectivity index (χ0) is 13.0. The number of imidazole rings is 1. The molecule has 3 nitrogen and oxygen atoms in total. The number of H-pyrrole nitrogens is 1. The van der Waals surface area contributed by atoms with Gasteiger partial charge < -0.3 is 10.3 Å². The quantitative estimate of drug-likeness (QED) is 0.852. The Labute approximate surface area is 106 Å². The topological polar surface area (TPSA) is 40.7 Å². The van der Waals surface area contributed by atoms with Gasteiger partial charge in [-0.1, -0.05) is 26.0 Å². The molecule has 0 radical (unpaired) electrons. The summed E-state index contributed by atoms with van der Waals surface area (Å²) in [6.45, 7) is 6.05. The molecular weight excluding hydrogens is 229 g/mol. The average Bonchev–Trinajstić information content (AvgIpc) is 2.77. The van der Waals surface area contributed by atoms with Crippen LogP contribution in [0, 0.1) is 11.7 Å². The fourth-order valence-electron chi connectivity index (χ4n) is 1.73. The molecule has 0 aliphatic carbocycles. The molecule has 0 saturated carbocycles. The zero-order valence-electron chi connectivity index (χ0n) is 10.7. The molecule has 0 fully saturated rings. The second kappa shape index (κ2) is 5.78. The highest BCUT2D eigenvalue weighted by atomic mass is 19.1. The molecule has 1 aromatic heterocycles. The monoisotopic (exact) mass is 247 g/mol. The number of benzene rings is 1. The second-order valence-corrected chi connectivity index (χ2v) is 4.79. The van der Waals surface area contributed by atoms with E-state index < -0.39 is 0 Å². The summed E-state index contributed by atoms with van der Waals surface area (Å²) in [4.78, 5) is 7.45. The molecule has 0 saturated heterocycles. The number of nitrogens with zero attached hydrogens (tertiary/aromatic N) is 1. The fourth-order valence-corrected chi connectivity index (χ4v) is 1.73. The lowest BCUT2D eigenvalue weighted by atomic mass is 10.2. The van der Waals surface area contributed by atoms with E-state index in [1.165, 1.54) is 12.1 Å². The maximum Gasteiger partial charge on any atom is 0.137 e. The van der Waals surface area contributed by atoms with Crippen molar-refractivity contribution >= 4 is 0 Å². The van der Waals surface area contributed by atoms with Crippen molar-refractivity contribution in [3.05, 3.63) is 42.0 Å². The third-order valence-electron chi connectivity index (χ3n) is 2.59. The van der Waals surface area contributed by atoms with Gasteiger partial charge in [0.05, 0.1) is 0 Å². The number of rotatable bonds is 5. The van der Waals surface area contributed by atoms with Crippen LogP contribution in [0.5, 0.6) is 0 Å². The lowest BCUT2D eigenvalue weighted by molar-refractivity contribution is 0.549. The first kappa shape index (κ1) is 12.8. The molecule has 2 N–H and O–H groups in total. The van der Waals surface area contributed by atoms with Crippen molar-refractivity contribution in [1.29, 1.82) is 0 Å². The van der Waals surface area contributed by atoms with Crippen LogP contribution in [0.1, 0.15) is 19.5 Å². The third kappa shape index (κ3) is 3.40. The molecule has 96 valence electrons. The Balaban J connectivity index is 2.02. The zero-order valence-corrected chi connectivity index (χ0v) is 10.7. The number of halogens is 1. The number of aromatic nitrogens is 2. The Kier molecular flexibility index (Phi) is 4.10.